The molecular formula is C38H46O12. The summed E-state index contributed by atoms with van der Waals surface area (Å²) in [7, 11) is 0. The van der Waals surface area contributed by atoms with Gasteiger partial charge in [0.2, 0.25) is 0 Å². The Kier molecular flexibility index (Phi) is 15.8. The van der Waals surface area contributed by atoms with Gasteiger partial charge in [0.1, 0.15) is 23.7 Å². The Bertz CT molecular complexity index is 1300. The molecule has 0 radical (unpaired) electrons. The first-order valence-corrected chi connectivity index (χ1v) is 17.1. The minimum absolute atomic E-state index is 0.127. The number of ether oxygens (including phenoxy) is 8. The third-order valence-corrected chi connectivity index (χ3v) is 8.10. The van der Waals surface area contributed by atoms with Crippen molar-refractivity contribution in [3.8, 4) is 11.5 Å². The van der Waals surface area contributed by atoms with Gasteiger partial charge in [0, 0.05) is 12.2 Å². The molecule has 2 aromatic carbocycles. The fourth-order valence-corrected chi connectivity index (χ4v) is 5.38. The van der Waals surface area contributed by atoms with Gasteiger partial charge in [-0.2, -0.15) is 0 Å². The first kappa shape index (κ1) is 38.1. The van der Waals surface area contributed by atoms with Crippen molar-refractivity contribution < 1.29 is 57.1 Å². The van der Waals surface area contributed by atoms with Crippen molar-refractivity contribution in [3.05, 3.63) is 85.0 Å². The molecule has 2 aliphatic heterocycles. The Morgan fingerprint density at radius 2 is 0.920 bits per heavy atom. The van der Waals surface area contributed by atoms with Crippen LogP contribution in [0.5, 0.6) is 11.5 Å². The summed E-state index contributed by atoms with van der Waals surface area (Å²) in [5, 5.41) is 0. The molecule has 50 heavy (non-hydrogen) atoms. The van der Waals surface area contributed by atoms with Gasteiger partial charge in [-0.15, -0.1) is 0 Å². The van der Waals surface area contributed by atoms with Gasteiger partial charge in [0.05, 0.1) is 50.8 Å². The van der Waals surface area contributed by atoms with E-state index in [1.807, 2.05) is 0 Å². The van der Waals surface area contributed by atoms with E-state index in [2.05, 4.69) is 13.2 Å². The molecule has 2 heterocycles. The molecular weight excluding hydrogens is 648 g/mol. The molecule has 0 aliphatic carbocycles. The summed E-state index contributed by atoms with van der Waals surface area (Å²) < 4.78 is 44.5. The molecule has 0 amide bonds. The zero-order valence-electron chi connectivity index (χ0n) is 28.3. The first-order valence-electron chi connectivity index (χ1n) is 17.1. The molecule has 0 unspecified atom stereocenters. The monoisotopic (exact) mass is 694 g/mol. The number of hydrogen-bond donors (Lipinski definition) is 0. The van der Waals surface area contributed by atoms with E-state index in [1.165, 1.54) is 0 Å². The lowest BCUT2D eigenvalue weighted by atomic mass is 10.1. The molecule has 0 bridgehead atoms. The number of carbonyl (C=O) groups excluding carboxylic acids is 4. The molecule has 0 aromatic heterocycles. The quantitative estimate of drug-likeness (QED) is 0.0658. The topological polar surface area (TPSA) is 142 Å². The highest BCUT2D eigenvalue weighted by molar-refractivity contribution is 5.90. The van der Waals surface area contributed by atoms with Crippen molar-refractivity contribution in [3.63, 3.8) is 0 Å². The minimum Gasteiger partial charge on any atom is -0.494 e. The Morgan fingerprint density at radius 1 is 0.560 bits per heavy atom. The van der Waals surface area contributed by atoms with Gasteiger partial charge < -0.3 is 37.9 Å². The summed E-state index contributed by atoms with van der Waals surface area (Å²) >= 11 is 0. The molecule has 0 saturated carbocycles. The van der Waals surface area contributed by atoms with E-state index in [9.17, 15) is 19.2 Å². The predicted octanol–water partition coefficient (Wildman–Crippen LogP) is 5.57. The van der Waals surface area contributed by atoms with Gasteiger partial charge in [-0.05, 0) is 99.9 Å². The van der Waals surface area contributed by atoms with Gasteiger partial charge in [0.25, 0.3) is 0 Å². The van der Waals surface area contributed by atoms with Crippen molar-refractivity contribution in [1.29, 1.82) is 0 Å². The molecule has 4 rings (SSSR count). The second-order valence-electron chi connectivity index (χ2n) is 11.8. The van der Waals surface area contributed by atoms with Crippen LogP contribution in [0.1, 0.15) is 72.1 Å². The third kappa shape index (κ3) is 12.3. The summed E-state index contributed by atoms with van der Waals surface area (Å²) in [6.07, 6.45) is 6.93. The van der Waals surface area contributed by atoms with Crippen molar-refractivity contribution in [2.75, 3.05) is 39.6 Å². The van der Waals surface area contributed by atoms with Gasteiger partial charge in [0.15, 0.2) is 12.2 Å². The maximum absolute atomic E-state index is 12.9. The average molecular weight is 695 g/mol. The standard InChI is InChI=1S/C38H46O12/c1-3-33(39)45-23-11-7-5-9-21-43-29-17-13-27(14-18-29)37(41)49-31-25-47-36-32(26-48-35(31)36)50-38(42)28-15-19-30(20-16-28)44-22-10-6-8-12-24-46-34(40)4-2/h3-4,13-20,31-32,35-36H,1-2,5-12,21-26H2/t31-,32-,35-,36-/m1/s1. The lowest BCUT2D eigenvalue weighted by molar-refractivity contribution is -0.138. The molecule has 12 nitrogen and oxygen atoms in total. The molecule has 2 aliphatic rings. The van der Waals surface area contributed by atoms with E-state index in [4.69, 9.17) is 37.9 Å². The fraction of sp³-hybridized carbons (Fsp3) is 0.474. The highest BCUT2D eigenvalue weighted by Crippen LogP contribution is 2.32. The average Bonchev–Trinajstić information content (AvgIpc) is 3.73. The maximum atomic E-state index is 12.9. The summed E-state index contributed by atoms with van der Waals surface area (Å²) in [6, 6.07) is 13.4. The lowest BCUT2D eigenvalue weighted by Crippen LogP contribution is -2.36. The highest BCUT2D eigenvalue weighted by Gasteiger charge is 2.51. The van der Waals surface area contributed by atoms with Crippen LogP contribution in [0.25, 0.3) is 0 Å². The number of esters is 4. The SMILES string of the molecule is C=CC(=O)OCCCCCCOc1ccc(C(=O)O[C@@H]2CO[C@H]3[C@@H]2OC[C@H]3OC(=O)c2ccc(OCCCCCCOC(=O)C=C)cc2)cc1. The third-order valence-electron chi connectivity index (χ3n) is 8.10. The normalized spacial score (nSPS) is 19.1. The smallest absolute Gasteiger partial charge is 0.338 e. The second kappa shape index (κ2) is 20.7. The lowest BCUT2D eigenvalue weighted by Gasteiger charge is -2.17. The molecule has 2 fully saturated rings. The Balaban J connectivity index is 1.10. The van der Waals surface area contributed by atoms with E-state index < -0.39 is 48.3 Å². The molecule has 0 spiro atoms. The van der Waals surface area contributed by atoms with Crippen molar-refractivity contribution in [2.45, 2.75) is 75.8 Å². The van der Waals surface area contributed by atoms with Crippen molar-refractivity contribution >= 4 is 23.9 Å². The largest absolute Gasteiger partial charge is 0.494 e. The Labute approximate surface area is 292 Å². The number of unbranched alkanes of at least 4 members (excludes halogenated alkanes) is 6. The number of hydrogen-bond acceptors (Lipinski definition) is 12. The highest BCUT2D eigenvalue weighted by atomic mass is 16.7. The van der Waals surface area contributed by atoms with E-state index in [0.29, 0.717) is 49.1 Å². The van der Waals surface area contributed by atoms with E-state index in [1.54, 1.807) is 48.5 Å². The van der Waals surface area contributed by atoms with Crippen LogP contribution in [0.2, 0.25) is 0 Å². The van der Waals surface area contributed by atoms with Crippen LogP contribution < -0.4 is 9.47 Å². The number of carbonyl (C=O) groups is 4. The van der Waals surface area contributed by atoms with Crippen molar-refractivity contribution in [2.24, 2.45) is 0 Å². The van der Waals surface area contributed by atoms with E-state index in [0.717, 1.165) is 63.5 Å². The fourth-order valence-electron chi connectivity index (χ4n) is 5.38. The van der Waals surface area contributed by atoms with Crippen LogP contribution in [0, 0.1) is 0 Å². The van der Waals surface area contributed by atoms with Crippen LogP contribution >= 0.6 is 0 Å². The molecule has 2 aromatic rings. The van der Waals surface area contributed by atoms with Crippen LogP contribution in [0.4, 0.5) is 0 Å². The minimum atomic E-state index is -0.640. The van der Waals surface area contributed by atoms with Crippen LogP contribution in [0.15, 0.2) is 73.8 Å². The molecule has 12 heteroatoms. The van der Waals surface area contributed by atoms with Crippen LogP contribution in [0.3, 0.4) is 0 Å². The predicted molar refractivity (Wildman–Crippen MR) is 181 cm³/mol. The molecule has 270 valence electrons. The number of rotatable bonds is 22. The van der Waals surface area contributed by atoms with Crippen LogP contribution in [-0.4, -0.2) is 87.9 Å². The van der Waals surface area contributed by atoms with Gasteiger partial charge >= 0.3 is 23.9 Å². The zero-order valence-corrected chi connectivity index (χ0v) is 28.3. The first-order chi connectivity index (χ1) is 24.4. The van der Waals surface area contributed by atoms with E-state index in [-0.39, 0.29) is 13.2 Å². The summed E-state index contributed by atoms with van der Waals surface area (Å²) in [5.74, 6) is -0.553. The van der Waals surface area contributed by atoms with Gasteiger partial charge in [-0.1, -0.05) is 13.2 Å². The zero-order chi connectivity index (χ0) is 35.6. The van der Waals surface area contributed by atoms with Crippen LogP contribution in [-0.2, 0) is 38.0 Å². The summed E-state index contributed by atoms with van der Waals surface area (Å²) in [4.78, 5) is 47.8. The van der Waals surface area contributed by atoms with Gasteiger partial charge in [-0.3, -0.25) is 0 Å². The number of benzene rings is 2. The summed E-state index contributed by atoms with van der Waals surface area (Å²) in [6.45, 7) is 8.81. The Morgan fingerprint density at radius 3 is 1.28 bits per heavy atom. The van der Waals surface area contributed by atoms with E-state index >= 15 is 0 Å². The summed E-state index contributed by atoms with van der Waals surface area (Å²) in [5.41, 5.74) is 0.735. The molecule has 4 atom stereocenters. The molecule has 0 N–H and O–H groups in total. The van der Waals surface area contributed by atoms with Crippen molar-refractivity contribution in [1.82, 2.24) is 0 Å². The van der Waals surface area contributed by atoms with Gasteiger partial charge in [-0.25, -0.2) is 19.2 Å². The maximum Gasteiger partial charge on any atom is 0.338 e. The molecule has 2 saturated heterocycles. The second-order valence-corrected chi connectivity index (χ2v) is 11.8. The Hall–Kier alpha value is -4.68. The number of fused-ring (bicyclic) bond motifs is 1.